The highest BCUT2D eigenvalue weighted by molar-refractivity contribution is 9.10. The predicted octanol–water partition coefficient (Wildman–Crippen LogP) is 4.87. The third kappa shape index (κ3) is 4.73. The molecule has 1 saturated heterocycles. The van der Waals surface area contributed by atoms with Crippen LogP contribution in [0.25, 0.3) is 6.08 Å². The average Bonchev–Trinajstić information content (AvgIpc) is 2.82. The largest absolute Gasteiger partial charge is 0.488 e. The van der Waals surface area contributed by atoms with Crippen LogP contribution in [0.3, 0.4) is 0 Å². The Balaban J connectivity index is 1.58. The van der Waals surface area contributed by atoms with Gasteiger partial charge in [0.05, 0.1) is 21.8 Å². The van der Waals surface area contributed by atoms with Crippen molar-refractivity contribution < 1.29 is 18.7 Å². The Kier molecular flexibility index (Phi) is 6.82. The van der Waals surface area contributed by atoms with Crippen molar-refractivity contribution in [2.45, 2.75) is 6.61 Å². The smallest absolute Gasteiger partial charge is 0.270 e. The number of amides is 2. The molecule has 2 amide bonds. The Morgan fingerprint density at radius 1 is 1.12 bits per heavy atom. The summed E-state index contributed by atoms with van der Waals surface area (Å²) < 4.78 is 20.7. The molecule has 0 aromatic heterocycles. The molecule has 4 rings (SSSR count). The number of rotatable bonds is 5. The molecule has 9 heteroatoms. The summed E-state index contributed by atoms with van der Waals surface area (Å²) in [7, 11) is 0. The summed E-state index contributed by atoms with van der Waals surface area (Å²) in [5, 5.41) is 11.5. The van der Waals surface area contributed by atoms with Crippen LogP contribution in [0.5, 0.6) is 5.75 Å². The van der Waals surface area contributed by atoms with E-state index in [1.807, 2.05) is 12.1 Å². The maximum absolute atomic E-state index is 14.3. The highest BCUT2D eigenvalue weighted by Gasteiger charge is 2.35. The molecule has 1 heterocycles. The van der Waals surface area contributed by atoms with Crippen LogP contribution >= 0.6 is 28.1 Å². The van der Waals surface area contributed by atoms with Gasteiger partial charge in [-0.15, -0.1) is 0 Å². The molecule has 168 valence electrons. The van der Waals surface area contributed by atoms with Gasteiger partial charge < -0.3 is 4.74 Å². The fourth-order valence-electron chi connectivity index (χ4n) is 3.31. The first-order chi connectivity index (χ1) is 16.4. The normalized spacial score (nSPS) is 14.7. The first-order valence-electron chi connectivity index (χ1n) is 9.95. The number of nitrogens with one attached hydrogen (secondary N) is 1. The van der Waals surface area contributed by atoms with Crippen LogP contribution in [0, 0.1) is 17.1 Å². The van der Waals surface area contributed by atoms with Crippen molar-refractivity contribution in [3.05, 3.63) is 99.3 Å². The molecule has 0 saturated carbocycles. The predicted molar refractivity (Wildman–Crippen MR) is 132 cm³/mol. The molecule has 1 aliphatic heterocycles. The summed E-state index contributed by atoms with van der Waals surface area (Å²) >= 11 is 8.53. The number of ether oxygens (including phenoxy) is 1. The molecule has 6 nitrogen and oxygen atoms in total. The third-order valence-electron chi connectivity index (χ3n) is 4.98. The van der Waals surface area contributed by atoms with E-state index < -0.39 is 17.6 Å². The molecule has 3 aromatic rings. The standard InChI is InChI=1S/C25H15BrFN3O3S/c26-19-12-15(9-10-22(19)33-14-17-6-2-1-5-16(17)13-28)11-18-23(31)29-25(34)30(24(18)32)21-8-4-3-7-20(21)27/h1-12H,14H2,(H,29,31,34)/b18-11+. The molecule has 0 radical (unpaired) electrons. The molecule has 0 spiro atoms. The Labute approximate surface area is 208 Å². The zero-order valence-corrected chi connectivity index (χ0v) is 19.8. The zero-order chi connectivity index (χ0) is 24.2. The van der Waals surface area contributed by atoms with Crippen molar-refractivity contribution in [3.63, 3.8) is 0 Å². The maximum Gasteiger partial charge on any atom is 0.270 e. The fraction of sp³-hybridized carbons (Fsp3) is 0.0400. The zero-order valence-electron chi connectivity index (χ0n) is 17.4. The minimum absolute atomic E-state index is 0.0500. The summed E-state index contributed by atoms with van der Waals surface area (Å²) in [6.07, 6.45) is 1.40. The molecule has 0 aliphatic carbocycles. The molecular weight excluding hydrogens is 521 g/mol. The molecular formula is C25H15BrFN3O3S. The minimum Gasteiger partial charge on any atom is -0.488 e. The number of benzene rings is 3. The Hall–Kier alpha value is -3.87. The maximum atomic E-state index is 14.3. The van der Waals surface area contributed by atoms with E-state index in [0.29, 0.717) is 21.3 Å². The number of thiocarbonyl (C=S) groups is 1. The van der Waals surface area contributed by atoms with Crippen molar-refractivity contribution in [2.75, 3.05) is 4.90 Å². The van der Waals surface area contributed by atoms with E-state index in [9.17, 15) is 19.2 Å². The van der Waals surface area contributed by atoms with Gasteiger partial charge in [0.1, 0.15) is 23.7 Å². The molecule has 0 bridgehead atoms. The molecule has 3 aromatic carbocycles. The van der Waals surface area contributed by atoms with Crippen LogP contribution in [0.2, 0.25) is 0 Å². The van der Waals surface area contributed by atoms with Gasteiger partial charge in [-0.2, -0.15) is 5.26 Å². The number of carbonyl (C=O) groups excluding carboxylic acids is 2. The van der Waals surface area contributed by atoms with Gasteiger partial charge in [-0.3, -0.25) is 14.9 Å². The second kappa shape index (κ2) is 9.95. The van der Waals surface area contributed by atoms with Gasteiger partial charge >= 0.3 is 0 Å². The van der Waals surface area contributed by atoms with E-state index in [0.717, 1.165) is 10.5 Å². The number of halogens is 2. The Morgan fingerprint density at radius 2 is 1.85 bits per heavy atom. The van der Waals surface area contributed by atoms with Gasteiger partial charge in [0.15, 0.2) is 5.11 Å². The lowest BCUT2D eigenvalue weighted by Crippen LogP contribution is -2.54. The van der Waals surface area contributed by atoms with Gasteiger partial charge in [-0.25, -0.2) is 9.29 Å². The SMILES string of the molecule is N#Cc1ccccc1COc1ccc(/C=C2\C(=O)NC(=S)N(c3ccccc3F)C2=O)cc1Br. The number of nitrogens with zero attached hydrogens (tertiary/aromatic N) is 2. The van der Waals surface area contributed by atoms with E-state index in [1.165, 1.54) is 24.3 Å². The first-order valence-corrected chi connectivity index (χ1v) is 11.2. The fourth-order valence-corrected chi connectivity index (χ4v) is 4.10. The number of para-hydroxylation sites is 1. The lowest BCUT2D eigenvalue weighted by atomic mass is 10.1. The number of hydrogen-bond acceptors (Lipinski definition) is 5. The molecule has 1 N–H and O–H groups in total. The summed E-state index contributed by atoms with van der Waals surface area (Å²) in [6.45, 7) is 0.193. The van der Waals surface area contributed by atoms with Gasteiger partial charge in [0, 0.05) is 5.56 Å². The van der Waals surface area contributed by atoms with Crippen molar-refractivity contribution in [3.8, 4) is 11.8 Å². The third-order valence-corrected chi connectivity index (χ3v) is 5.89. The van der Waals surface area contributed by atoms with Crippen LogP contribution in [0.1, 0.15) is 16.7 Å². The Morgan fingerprint density at radius 3 is 2.59 bits per heavy atom. The Bertz CT molecular complexity index is 1400. The lowest BCUT2D eigenvalue weighted by Gasteiger charge is -2.29. The molecule has 0 atom stereocenters. The van der Waals surface area contributed by atoms with E-state index in [-0.39, 0.29) is 23.0 Å². The molecule has 0 unspecified atom stereocenters. The van der Waals surface area contributed by atoms with Crippen LogP contribution in [-0.4, -0.2) is 16.9 Å². The second-order valence-electron chi connectivity index (χ2n) is 7.16. The summed E-state index contributed by atoms with van der Waals surface area (Å²) in [4.78, 5) is 26.5. The van der Waals surface area contributed by atoms with Crippen molar-refractivity contribution in [1.29, 1.82) is 5.26 Å². The minimum atomic E-state index is -0.733. The van der Waals surface area contributed by atoms with Crippen LogP contribution in [0.4, 0.5) is 10.1 Å². The van der Waals surface area contributed by atoms with Gasteiger partial charge in [0.25, 0.3) is 11.8 Å². The van der Waals surface area contributed by atoms with Crippen molar-refractivity contribution in [2.24, 2.45) is 0 Å². The second-order valence-corrected chi connectivity index (χ2v) is 8.40. The summed E-state index contributed by atoms with van der Waals surface area (Å²) in [5.41, 5.74) is 1.57. The first kappa shape index (κ1) is 23.3. The number of carbonyl (C=O) groups is 2. The number of nitriles is 1. The topological polar surface area (TPSA) is 82.4 Å². The van der Waals surface area contributed by atoms with Gasteiger partial charge in [-0.05, 0) is 70.1 Å². The lowest BCUT2D eigenvalue weighted by molar-refractivity contribution is -0.122. The van der Waals surface area contributed by atoms with Crippen LogP contribution in [-0.2, 0) is 16.2 Å². The summed E-state index contributed by atoms with van der Waals surface area (Å²) in [5.74, 6) is -1.53. The van der Waals surface area contributed by atoms with E-state index in [2.05, 4.69) is 27.3 Å². The highest BCUT2D eigenvalue weighted by atomic mass is 79.9. The summed E-state index contributed by atoms with van der Waals surface area (Å²) in [6, 6.07) is 20.0. The molecule has 1 aliphatic rings. The van der Waals surface area contributed by atoms with Crippen molar-refractivity contribution >= 4 is 56.8 Å². The average molecular weight is 536 g/mol. The van der Waals surface area contributed by atoms with Crippen LogP contribution in [0.15, 0.2) is 76.8 Å². The van der Waals surface area contributed by atoms with E-state index in [1.54, 1.807) is 36.4 Å². The van der Waals surface area contributed by atoms with Gasteiger partial charge in [-0.1, -0.05) is 36.4 Å². The number of anilines is 1. The van der Waals surface area contributed by atoms with Crippen LogP contribution < -0.4 is 15.0 Å². The molecule has 1 fully saturated rings. The monoisotopic (exact) mass is 535 g/mol. The van der Waals surface area contributed by atoms with E-state index >= 15 is 0 Å². The van der Waals surface area contributed by atoms with E-state index in [4.69, 9.17) is 17.0 Å². The quantitative estimate of drug-likeness (QED) is 0.286. The van der Waals surface area contributed by atoms with Gasteiger partial charge in [0.2, 0.25) is 0 Å². The van der Waals surface area contributed by atoms with Crippen molar-refractivity contribution in [1.82, 2.24) is 5.32 Å². The number of hydrogen-bond donors (Lipinski definition) is 1. The highest BCUT2D eigenvalue weighted by Crippen LogP contribution is 2.29. The molecule has 34 heavy (non-hydrogen) atoms.